The fraction of sp³-hybridized carbons (Fsp3) is 1.00. The molecule has 0 aromatic heterocycles. The van der Waals surface area contributed by atoms with Gasteiger partial charge in [0.1, 0.15) is 0 Å². The standard InChI is InChI=1S/C6H12O.CH4/c1-6(2)4-3-5-7-6;/h3-5H2,1-2H3;1H4. The second-order valence-electron chi connectivity index (χ2n) is 2.71. The minimum atomic E-state index is 0. The van der Waals surface area contributed by atoms with Crippen LogP contribution in [0.1, 0.15) is 34.1 Å². The Bertz CT molecular complexity index is 58.8. The highest BCUT2D eigenvalue weighted by molar-refractivity contribution is 4.72. The molecule has 0 N–H and O–H groups in total. The zero-order valence-electron chi connectivity index (χ0n) is 5.03. The second kappa shape index (κ2) is 2.49. The summed E-state index contributed by atoms with van der Waals surface area (Å²) in [5.41, 5.74) is 0.194. The van der Waals surface area contributed by atoms with E-state index < -0.39 is 0 Å². The van der Waals surface area contributed by atoms with Crippen molar-refractivity contribution in [1.82, 2.24) is 0 Å². The van der Waals surface area contributed by atoms with E-state index >= 15 is 0 Å². The maximum Gasteiger partial charge on any atom is 0.0627 e. The van der Waals surface area contributed by atoms with Crippen LogP contribution in [-0.2, 0) is 4.74 Å². The van der Waals surface area contributed by atoms with Crippen LogP contribution in [0.15, 0.2) is 0 Å². The summed E-state index contributed by atoms with van der Waals surface area (Å²) in [5, 5.41) is 0. The molecule has 0 atom stereocenters. The maximum atomic E-state index is 5.34. The lowest BCUT2D eigenvalue weighted by Crippen LogP contribution is -2.15. The molecule has 0 aromatic rings. The molecule has 1 aliphatic heterocycles. The Morgan fingerprint density at radius 1 is 1.38 bits per heavy atom. The zero-order valence-corrected chi connectivity index (χ0v) is 5.03. The molecule has 1 rings (SSSR count). The molecule has 1 saturated heterocycles. The summed E-state index contributed by atoms with van der Waals surface area (Å²) >= 11 is 0. The monoisotopic (exact) mass is 116 g/mol. The number of rotatable bonds is 0. The van der Waals surface area contributed by atoms with Crippen molar-refractivity contribution in [3.8, 4) is 0 Å². The van der Waals surface area contributed by atoms with Crippen LogP contribution in [0.3, 0.4) is 0 Å². The molecule has 1 aliphatic rings. The molecule has 1 nitrogen and oxygen atoms in total. The molecule has 0 amide bonds. The van der Waals surface area contributed by atoms with Crippen molar-refractivity contribution in [3.63, 3.8) is 0 Å². The summed E-state index contributed by atoms with van der Waals surface area (Å²) in [7, 11) is 0. The predicted octanol–water partition coefficient (Wildman–Crippen LogP) is 2.21. The van der Waals surface area contributed by atoms with Gasteiger partial charge in [-0.3, -0.25) is 0 Å². The van der Waals surface area contributed by atoms with Gasteiger partial charge < -0.3 is 4.74 Å². The van der Waals surface area contributed by atoms with Gasteiger partial charge in [0.25, 0.3) is 0 Å². The van der Waals surface area contributed by atoms with Crippen LogP contribution in [0, 0.1) is 0 Å². The number of hydrogen-bond donors (Lipinski definition) is 0. The lowest BCUT2D eigenvalue weighted by atomic mass is 10.1. The van der Waals surface area contributed by atoms with Crippen molar-refractivity contribution in [1.29, 1.82) is 0 Å². The topological polar surface area (TPSA) is 9.23 Å². The van der Waals surface area contributed by atoms with Crippen molar-refractivity contribution >= 4 is 0 Å². The molecule has 0 spiro atoms. The van der Waals surface area contributed by atoms with Gasteiger partial charge in [-0.05, 0) is 26.7 Å². The van der Waals surface area contributed by atoms with Crippen molar-refractivity contribution in [2.75, 3.05) is 6.61 Å². The quantitative estimate of drug-likeness (QED) is 0.471. The molecule has 0 radical (unpaired) electrons. The Morgan fingerprint density at radius 2 is 2.00 bits per heavy atom. The molecule has 1 heteroatoms. The first kappa shape index (κ1) is 7.96. The molecule has 0 aliphatic carbocycles. The van der Waals surface area contributed by atoms with Crippen molar-refractivity contribution in [3.05, 3.63) is 0 Å². The summed E-state index contributed by atoms with van der Waals surface area (Å²) in [4.78, 5) is 0. The lowest BCUT2D eigenvalue weighted by molar-refractivity contribution is 0.0367. The largest absolute Gasteiger partial charge is 0.376 e. The summed E-state index contributed by atoms with van der Waals surface area (Å²) in [6, 6.07) is 0. The number of hydrogen-bond acceptors (Lipinski definition) is 1. The van der Waals surface area contributed by atoms with Crippen LogP contribution in [0.4, 0.5) is 0 Å². The lowest BCUT2D eigenvalue weighted by Gasteiger charge is -2.14. The zero-order chi connectivity index (χ0) is 5.33. The molecular formula is C7H16O. The summed E-state index contributed by atoms with van der Waals surface area (Å²) < 4.78 is 5.34. The van der Waals surface area contributed by atoms with Gasteiger partial charge in [0, 0.05) is 6.61 Å². The van der Waals surface area contributed by atoms with E-state index in [4.69, 9.17) is 4.74 Å². The molecule has 0 saturated carbocycles. The average molecular weight is 116 g/mol. The summed E-state index contributed by atoms with van der Waals surface area (Å²) in [5.74, 6) is 0. The fourth-order valence-electron chi connectivity index (χ4n) is 0.919. The molecule has 0 aromatic carbocycles. The van der Waals surface area contributed by atoms with E-state index in [1.807, 2.05) is 0 Å². The first-order chi connectivity index (χ1) is 3.21. The van der Waals surface area contributed by atoms with E-state index in [9.17, 15) is 0 Å². The number of ether oxygens (including phenoxy) is 1. The molecular weight excluding hydrogens is 100 g/mol. The third-order valence-corrected chi connectivity index (χ3v) is 1.42. The Kier molecular flexibility index (Phi) is 2.48. The Labute approximate surface area is 52.0 Å². The van der Waals surface area contributed by atoms with Crippen LogP contribution < -0.4 is 0 Å². The van der Waals surface area contributed by atoms with Crippen molar-refractivity contribution < 1.29 is 4.74 Å². The van der Waals surface area contributed by atoms with Crippen molar-refractivity contribution in [2.45, 2.75) is 39.7 Å². The van der Waals surface area contributed by atoms with E-state index in [0.717, 1.165) is 6.61 Å². The Hall–Kier alpha value is -0.0400. The first-order valence-electron chi connectivity index (χ1n) is 2.85. The fourth-order valence-corrected chi connectivity index (χ4v) is 0.919. The molecule has 50 valence electrons. The third kappa shape index (κ3) is 1.83. The van der Waals surface area contributed by atoms with E-state index in [2.05, 4.69) is 13.8 Å². The highest BCUT2D eigenvalue weighted by Gasteiger charge is 2.22. The van der Waals surface area contributed by atoms with Gasteiger partial charge in [0.15, 0.2) is 0 Å². The highest BCUT2D eigenvalue weighted by atomic mass is 16.5. The maximum absolute atomic E-state index is 5.34. The van der Waals surface area contributed by atoms with E-state index in [1.165, 1.54) is 12.8 Å². The molecule has 1 fully saturated rings. The first-order valence-corrected chi connectivity index (χ1v) is 2.85. The van der Waals surface area contributed by atoms with Crippen LogP contribution in [0.5, 0.6) is 0 Å². The van der Waals surface area contributed by atoms with Crippen LogP contribution in [0.25, 0.3) is 0 Å². The van der Waals surface area contributed by atoms with Gasteiger partial charge >= 0.3 is 0 Å². The highest BCUT2D eigenvalue weighted by Crippen LogP contribution is 2.22. The van der Waals surface area contributed by atoms with Crippen molar-refractivity contribution in [2.24, 2.45) is 0 Å². The predicted molar refractivity (Wildman–Crippen MR) is 36.0 cm³/mol. The summed E-state index contributed by atoms with van der Waals surface area (Å²) in [6.07, 6.45) is 2.47. The Morgan fingerprint density at radius 3 is 2.12 bits per heavy atom. The molecule has 0 bridgehead atoms. The van der Waals surface area contributed by atoms with Crippen LogP contribution in [-0.4, -0.2) is 12.2 Å². The van der Waals surface area contributed by atoms with E-state index in [-0.39, 0.29) is 13.0 Å². The third-order valence-electron chi connectivity index (χ3n) is 1.42. The molecule has 0 unspecified atom stereocenters. The smallest absolute Gasteiger partial charge is 0.0627 e. The average Bonchev–Trinajstić information content (AvgIpc) is 1.84. The summed E-state index contributed by atoms with van der Waals surface area (Å²) in [6.45, 7) is 5.24. The van der Waals surface area contributed by atoms with Gasteiger partial charge in [0.2, 0.25) is 0 Å². The van der Waals surface area contributed by atoms with Gasteiger partial charge in [-0.25, -0.2) is 0 Å². The van der Waals surface area contributed by atoms with Gasteiger partial charge in [-0.15, -0.1) is 0 Å². The molecule has 1 heterocycles. The second-order valence-corrected chi connectivity index (χ2v) is 2.71. The van der Waals surface area contributed by atoms with E-state index in [1.54, 1.807) is 0 Å². The Balaban J connectivity index is 0.000000490. The van der Waals surface area contributed by atoms with Gasteiger partial charge in [-0.1, -0.05) is 7.43 Å². The normalized spacial score (nSPS) is 24.8. The van der Waals surface area contributed by atoms with Gasteiger partial charge in [0.05, 0.1) is 5.60 Å². The molecule has 8 heavy (non-hydrogen) atoms. The van der Waals surface area contributed by atoms with Crippen LogP contribution in [0.2, 0.25) is 0 Å². The van der Waals surface area contributed by atoms with Gasteiger partial charge in [-0.2, -0.15) is 0 Å². The minimum absolute atomic E-state index is 0. The minimum Gasteiger partial charge on any atom is -0.376 e. The van der Waals surface area contributed by atoms with Crippen LogP contribution >= 0.6 is 0 Å². The van der Waals surface area contributed by atoms with E-state index in [0.29, 0.717) is 0 Å². The SMILES string of the molecule is C.CC1(C)CCCO1.